The zero-order chi connectivity index (χ0) is 16.1. The van der Waals surface area contributed by atoms with Gasteiger partial charge in [0.1, 0.15) is 11.4 Å². The first-order valence-corrected chi connectivity index (χ1v) is 7.20. The van der Waals surface area contributed by atoms with Crippen molar-refractivity contribution in [1.82, 2.24) is 4.98 Å². The predicted molar refractivity (Wildman–Crippen MR) is 86.0 cm³/mol. The zero-order valence-electron chi connectivity index (χ0n) is 12.3. The molecule has 2 aromatic carbocycles. The third-order valence-electron chi connectivity index (χ3n) is 3.39. The van der Waals surface area contributed by atoms with E-state index in [-0.39, 0.29) is 11.4 Å². The largest absolute Gasteiger partial charge is 0.506 e. The average Bonchev–Trinajstić information content (AvgIpc) is 2.61. The van der Waals surface area contributed by atoms with Gasteiger partial charge in [-0.1, -0.05) is 60.7 Å². The second kappa shape index (κ2) is 6.75. The van der Waals surface area contributed by atoms with Gasteiger partial charge in [0.15, 0.2) is 6.10 Å². The standard InChI is InChI=1S/C19H15NO3/c21-16-11-12-17(20-13-16)19(22)23-18(14-7-3-1-4-8-14)15-9-5-2-6-10-15/h1-13,18,21H. The van der Waals surface area contributed by atoms with Crippen molar-refractivity contribution in [3.05, 3.63) is 95.8 Å². The molecule has 1 aromatic heterocycles. The highest BCUT2D eigenvalue weighted by Crippen LogP contribution is 2.26. The maximum absolute atomic E-state index is 12.3. The van der Waals surface area contributed by atoms with Gasteiger partial charge in [0.05, 0.1) is 6.20 Å². The monoisotopic (exact) mass is 305 g/mol. The number of carbonyl (C=O) groups excluding carboxylic acids is 1. The number of esters is 1. The summed E-state index contributed by atoms with van der Waals surface area (Å²) in [4.78, 5) is 16.2. The van der Waals surface area contributed by atoms with Crippen LogP contribution in [0.15, 0.2) is 79.0 Å². The van der Waals surface area contributed by atoms with Crippen LogP contribution in [0.5, 0.6) is 5.75 Å². The molecule has 0 spiro atoms. The van der Waals surface area contributed by atoms with Crippen molar-refractivity contribution in [3.63, 3.8) is 0 Å². The first-order valence-electron chi connectivity index (χ1n) is 7.20. The van der Waals surface area contributed by atoms with Crippen LogP contribution in [0.25, 0.3) is 0 Å². The molecule has 1 heterocycles. The van der Waals surface area contributed by atoms with Crippen molar-refractivity contribution in [2.45, 2.75) is 6.10 Å². The molecular weight excluding hydrogens is 290 g/mol. The summed E-state index contributed by atoms with van der Waals surface area (Å²) >= 11 is 0. The summed E-state index contributed by atoms with van der Waals surface area (Å²) in [5.41, 5.74) is 1.91. The fourth-order valence-corrected chi connectivity index (χ4v) is 2.26. The Bertz CT molecular complexity index is 731. The molecule has 0 radical (unpaired) electrons. The smallest absolute Gasteiger partial charge is 0.357 e. The molecule has 0 amide bonds. The van der Waals surface area contributed by atoms with Gasteiger partial charge in [0.25, 0.3) is 0 Å². The Balaban J connectivity index is 1.90. The Hall–Kier alpha value is -3.14. The molecule has 0 unspecified atom stereocenters. The van der Waals surface area contributed by atoms with E-state index in [0.29, 0.717) is 0 Å². The van der Waals surface area contributed by atoms with E-state index in [1.54, 1.807) is 0 Å². The van der Waals surface area contributed by atoms with Gasteiger partial charge in [-0.15, -0.1) is 0 Å². The molecule has 0 bridgehead atoms. The molecule has 0 fully saturated rings. The second-order valence-electron chi connectivity index (χ2n) is 5.01. The number of hydrogen-bond donors (Lipinski definition) is 1. The van der Waals surface area contributed by atoms with Gasteiger partial charge in [-0.2, -0.15) is 0 Å². The Morgan fingerprint density at radius 2 is 1.43 bits per heavy atom. The van der Waals surface area contributed by atoms with E-state index in [4.69, 9.17) is 4.74 Å². The lowest BCUT2D eigenvalue weighted by molar-refractivity contribution is 0.0371. The normalized spacial score (nSPS) is 10.5. The number of aromatic hydroxyl groups is 1. The van der Waals surface area contributed by atoms with Gasteiger partial charge in [-0.3, -0.25) is 0 Å². The molecule has 4 heteroatoms. The van der Waals surface area contributed by atoms with Gasteiger partial charge in [0.2, 0.25) is 0 Å². The minimum atomic E-state index is -0.539. The van der Waals surface area contributed by atoms with Crippen LogP contribution in [0.4, 0.5) is 0 Å². The highest BCUT2D eigenvalue weighted by atomic mass is 16.5. The first kappa shape index (κ1) is 14.8. The zero-order valence-corrected chi connectivity index (χ0v) is 12.3. The summed E-state index contributed by atoms with van der Waals surface area (Å²) in [6.07, 6.45) is 0.705. The first-order chi connectivity index (χ1) is 11.2. The maximum Gasteiger partial charge on any atom is 0.357 e. The number of benzene rings is 2. The molecule has 3 rings (SSSR count). The van der Waals surface area contributed by atoms with Crippen molar-refractivity contribution in [3.8, 4) is 5.75 Å². The van der Waals surface area contributed by atoms with Gasteiger partial charge < -0.3 is 9.84 Å². The molecular formula is C19H15NO3. The topological polar surface area (TPSA) is 59.4 Å². The van der Waals surface area contributed by atoms with E-state index < -0.39 is 12.1 Å². The highest BCUT2D eigenvalue weighted by molar-refractivity contribution is 5.87. The number of pyridine rings is 1. The Labute approximate surface area is 134 Å². The van der Waals surface area contributed by atoms with Crippen LogP contribution in [0.2, 0.25) is 0 Å². The number of nitrogens with zero attached hydrogens (tertiary/aromatic N) is 1. The van der Waals surface area contributed by atoms with E-state index in [9.17, 15) is 9.90 Å². The number of hydrogen-bond acceptors (Lipinski definition) is 4. The molecule has 114 valence electrons. The van der Waals surface area contributed by atoms with E-state index in [1.807, 2.05) is 60.7 Å². The van der Waals surface area contributed by atoms with Crippen molar-refractivity contribution >= 4 is 5.97 Å². The van der Waals surface area contributed by atoms with Crippen molar-refractivity contribution in [1.29, 1.82) is 0 Å². The van der Waals surface area contributed by atoms with Crippen LogP contribution in [0.3, 0.4) is 0 Å². The molecule has 23 heavy (non-hydrogen) atoms. The lowest BCUT2D eigenvalue weighted by Crippen LogP contribution is -2.14. The number of rotatable bonds is 4. The summed E-state index contributed by atoms with van der Waals surface area (Å²) in [6.45, 7) is 0. The third kappa shape index (κ3) is 3.55. The van der Waals surface area contributed by atoms with Crippen molar-refractivity contribution in [2.24, 2.45) is 0 Å². The van der Waals surface area contributed by atoms with Crippen LogP contribution >= 0.6 is 0 Å². The van der Waals surface area contributed by atoms with E-state index >= 15 is 0 Å². The number of carbonyl (C=O) groups is 1. The van der Waals surface area contributed by atoms with Crippen molar-refractivity contribution < 1.29 is 14.6 Å². The molecule has 1 N–H and O–H groups in total. The quantitative estimate of drug-likeness (QED) is 0.746. The summed E-state index contributed by atoms with van der Waals surface area (Å²) < 4.78 is 5.67. The summed E-state index contributed by atoms with van der Waals surface area (Å²) in [6, 6.07) is 21.9. The van der Waals surface area contributed by atoms with Crippen LogP contribution in [0, 0.1) is 0 Å². The molecule has 0 saturated carbocycles. The maximum atomic E-state index is 12.3. The van der Waals surface area contributed by atoms with Gasteiger partial charge in [-0.25, -0.2) is 9.78 Å². The Kier molecular flexibility index (Phi) is 4.34. The Morgan fingerprint density at radius 1 is 0.870 bits per heavy atom. The highest BCUT2D eigenvalue weighted by Gasteiger charge is 2.20. The summed E-state index contributed by atoms with van der Waals surface area (Å²) in [5.74, 6) is -0.535. The van der Waals surface area contributed by atoms with Crippen LogP contribution in [-0.2, 0) is 4.74 Å². The molecule has 0 aliphatic heterocycles. The number of aromatic nitrogens is 1. The lowest BCUT2D eigenvalue weighted by Gasteiger charge is -2.18. The molecule has 4 nitrogen and oxygen atoms in total. The Morgan fingerprint density at radius 3 is 1.91 bits per heavy atom. The van der Waals surface area contributed by atoms with Crippen molar-refractivity contribution in [2.75, 3.05) is 0 Å². The van der Waals surface area contributed by atoms with E-state index in [2.05, 4.69) is 4.98 Å². The molecule has 0 aliphatic rings. The molecule has 0 saturated heterocycles. The van der Waals surface area contributed by atoms with Crippen LogP contribution < -0.4 is 0 Å². The lowest BCUT2D eigenvalue weighted by atomic mass is 10.0. The SMILES string of the molecule is O=C(OC(c1ccccc1)c1ccccc1)c1ccc(O)cn1. The van der Waals surface area contributed by atoms with Gasteiger partial charge in [0, 0.05) is 0 Å². The summed E-state index contributed by atoms with van der Waals surface area (Å²) in [5, 5.41) is 9.26. The summed E-state index contributed by atoms with van der Waals surface area (Å²) in [7, 11) is 0. The van der Waals surface area contributed by atoms with Crippen LogP contribution in [0.1, 0.15) is 27.7 Å². The van der Waals surface area contributed by atoms with Gasteiger partial charge in [-0.05, 0) is 23.3 Å². The molecule has 3 aromatic rings. The minimum absolute atomic E-state index is 0.00391. The number of ether oxygens (including phenoxy) is 1. The molecule has 0 atom stereocenters. The fourth-order valence-electron chi connectivity index (χ4n) is 2.26. The van der Waals surface area contributed by atoms with E-state index in [0.717, 1.165) is 11.1 Å². The fraction of sp³-hybridized carbons (Fsp3) is 0.0526. The van der Waals surface area contributed by atoms with Crippen LogP contribution in [-0.4, -0.2) is 16.1 Å². The van der Waals surface area contributed by atoms with E-state index in [1.165, 1.54) is 18.3 Å². The minimum Gasteiger partial charge on any atom is -0.506 e. The average molecular weight is 305 g/mol. The molecule has 0 aliphatic carbocycles. The predicted octanol–water partition coefficient (Wildman–Crippen LogP) is 3.73. The van der Waals surface area contributed by atoms with Gasteiger partial charge >= 0.3 is 5.97 Å². The second-order valence-corrected chi connectivity index (χ2v) is 5.01. The third-order valence-corrected chi connectivity index (χ3v) is 3.39.